The fourth-order valence-electron chi connectivity index (χ4n) is 1.89. The lowest BCUT2D eigenvalue weighted by Crippen LogP contribution is -2.35. The lowest BCUT2D eigenvalue weighted by Gasteiger charge is -2.21. The van der Waals surface area contributed by atoms with Crippen molar-refractivity contribution < 1.29 is 0 Å². The van der Waals surface area contributed by atoms with Gasteiger partial charge in [-0.15, -0.1) is 10.2 Å². The fourth-order valence-corrected chi connectivity index (χ4v) is 2.22. The van der Waals surface area contributed by atoms with Crippen LogP contribution in [0.1, 0.15) is 32.5 Å². The molecule has 1 atom stereocenters. The minimum atomic E-state index is -0.436. The van der Waals surface area contributed by atoms with Crippen molar-refractivity contribution in [2.45, 2.75) is 32.2 Å². The average Bonchev–Trinajstić information content (AvgIpc) is 2.60. The number of halogens is 1. The van der Waals surface area contributed by atoms with Crippen LogP contribution in [0.4, 0.5) is 0 Å². The van der Waals surface area contributed by atoms with Gasteiger partial charge >= 0.3 is 0 Å². The van der Waals surface area contributed by atoms with Crippen LogP contribution in [0.5, 0.6) is 0 Å². The Balaban J connectivity index is 2.56. The van der Waals surface area contributed by atoms with Crippen LogP contribution in [0, 0.1) is 0 Å². The van der Waals surface area contributed by atoms with E-state index in [1.807, 2.05) is 29.7 Å². The zero-order valence-corrected chi connectivity index (χ0v) is 11.0. The van der Waals surface area contributed by atoms with E-state index in [-0.39, 0.29) is 0 Å². The summed E-state index contributed by atoms with van der Waals surface area (Å²) in [5, 5.41) is 8.31. The molecule has 16 heavy (non-hydrogen) atoms. The van der Waals surface area contributed by atoms with Crippen LogP contribution in [0.15, 0.2) is 22.8 Å². The summed E-state index contributed by atoms with van der Waals surface area (Å²) in [4.78, 5) is 0. The van der Waals surface area contributed by atoms with E-state index < -0.39 is 5.54 Å². The summed E-state index contributed by atoms with van der Waals surface area (Å²) in [5.41, 5.74) is 6.66. The number of nitrogens with two attached hydrogens (primary N) is 1. The van der Waals surface area contributed by atoms with Gasteiger partial charge in [0, 0.05) is 10.7 Å². The summed E-state index contributed by atoms with van der Waals surface area (Å²) in [7, 11) is 0. The van der Waals surface area contributed by atoms with Crippen LogP contribution in [0.2, 0.25) is 0 Å². The van der Waals surface area contributed by atoms with Crippen molar-refractivity contribution in [3.63, 3.8) is 0 Å². The second-order valence-corrected chi connectivity index (χ2v) is 5.18. The average molecular weight is 283 g/mol. The molecule has 0 aliphatic heterocycles. The molecular weight excluding hydrogens is 268 g/mol. The highest BCUT2D eigenvalue weighted by molar-refractivity contribution is 9.10. The first-order valence-electron chi connectivity index (χ1n) is 5.34. The Hall–Kier alpha value is -0.940. The van der Waals surface area contributed by atoms with E-state index in [0.717, 1.165) is 28.8 Å². The SMILES string of the molecule is CCCC(C)(N)c1nnc2ccc(Br)cn12. The highest BCUT2D eigenvalue weighted by Gasteiger charge is 2.26. The fraction of sp³-hybridized carbons (Fsp3) is 0.455. The standard InChI is InChI=1S/C11H15BrN4/c1-3-6-11(2,13)10-15-14-9-5-4-8(12)7-16(9)10/h4-5,7H,3,6,13H2,1-2H3. The zero-order chi connectivity index (χ0) is 11.8. The molecule has 0 aliphatic rings. The number of hydrogen-bond acceptors (Lipinski definition) is 3. The van der Waals surface area contributed by atoms with Crippen molar-refractivity contribution >= 4 is 21.6 Å². The number of fused-ring (bicyclic) bond motifs is 1. The Morgan fingerprint density at radius 1 is 1.44 bits per heavy atom. The molecular formula is C11H15BrN4. The minimum Gasteiger partial charge on any atom is -0.319 e. The quantitative estimate of drug-likeness (QED) is 0.941. The molecule has 0 amide bonds. The molecule has 1 unspecified atom stereocenters. The monoisotopic (exact) mass is 282 g/mol. The van der Waals surface area contributed by atoms with E-state index in [1.54, 1.807) is 0 Å². The van der Waals surface area contributed by atoms with Gasteiger partial charge in [0.1, 0.15) is 0 Å². The van der Waals surface area contributed by atoms with Crippen molar-refractivity contribution in [3.8, 4) is 0 Å². The topological polar surface area (TPSA) is 56.2 Å². The molecule has 0 bridgehead atoms. The van der Waals surface area contributed by atoms with Crippen LogP contribution >= 0.6 is 15.9 Å². The highest BCUT2D eigenvalue weighted by atomic mass is 79.9. The second kappa shape index (κ2) is 4.14. The Morgan fingerprint density at radius 3 is 2.88 bits per heavy atom. The smallest absolute Gasteiger partial charge is 0.160 e. The molecule has 0 spiro atoms. The zero-order valence-electron chi connectivity index (χ0n) is 9.44. The van der Waals surface area contributed by atoms with E-state index in [0.29, 0.717) is 0 Å². The van der Waals surface area contributed by atoms with E-state index in [2.05, 4.69) is 33.1 Å². The first-order valence-corrected chi connectivity index (χ1v) is 6.13. The summed E-state index contributed by atoms with van der Waals surface area (Å²) in [6.07, 6.45) is 3.86. The van der Waals surface area contributed by atoms with Gasteiger partial charge in [-0.3, -0.25) is 4.40 Å². The van der Waals surface area contributed by atoms with Gasteiger partial charge in [-0.1, -0.05) is 13.3 Å². The van der Waals surface area contributed by atoms with Gasteiger partial charge in [0.15, 0.2) is 11.5 Å². The summed E-state index contributed by atoms with van der Waals surface area (Å²) < 4.78 is 2.94. The Bertz CT molecular complexity index is 504. The molecule has 5 heteroatoms. The lowest BCUT2D eigenvalue weighted by molar-refractivity contribution is 0.416. The van der Waals surface area contributed by atoms with Crippen LogP contribution in [-0.2, 0) is 5.54 Å². The number of rotatable bonds is 3. The molecule has 2 heterocycles. The Morgan fingerprint density at radius 2 is 2.19 bits per heavy atom. The molecule has 0 fully saturated rings. The molecule has 0 saturated heterocycles. The predicted molar refractivity (Wildman–Crippen MR) is 67.1 cm³/mol. The molecule has 2 aromatic rings. The van der Waals surface area contributed by atoms with Crippen molar-refractivity contribution in [1.82, 2.24) is 14.6 Å². The van der Waals surface area contributed by atoms with Crippen LogP contribution in [-0.4, -0.2) is 14.6 Å². The number of pyridine rings is 1. The molecule has 86 valence electrons. The normalized spacial score (nSPS) is 15.2. The molecule has 2 aromatic heterocycles. The van der Waals surface area contributed by atoms with E-state index in [9.17, 15) is 0 Å². The Labute approximate surface area is 103 Å². The van der Waals surface area contributed by atoms with Gasteiger partial charge in [-0.2, -0.15) is 0 Å². The number of hydrogen-bond donors (Lipinski definition) is 1. The molecule has 0 aromatic carbocycles. The first kappa shape index (κ1) is 11.5. The lowest BCUT2D eigenvalue weighted by atomic mass is 9.97. The largest absolute Gasteiger partial charge is 0.319 e. The van der Waals surface area contributed by atoms with Crippen molar-refractivity contribution in [2.75, 3.05) is 0 Å². The van der Waals surface area contributed by atoms with E-state index in [1.165, 1.54) is 0 Å². The van der Waals surface area contributed by atoms with E-state index >= 15 is 0 Å². The molecule has 2 N–H and O–H groups in total. The van der Waals surface area contributed by atoms with Crippen molar-refractivity contribution in [2.24, 2.45) is 5.73 Å². The molecule has 0 aliphatic carbocycles. The van der Waals surface area contributed by atoms with Gasteiger partial charge in [0.2, 0.25) is 0 Å². The molecule has 0 radical (unpaired) electrons. The predicted octanol–water partition coefficient (Wildman–Crippen LogP) is 2.47. The number of aromatic nitrogens is 3. The highest BCUT2D eigenvalue weighted by Crippen LogP contribution is 2.23. The van der Waals surface area contributed by atoms with Crippen LogP contribution < -0.4 is 5.73 Å². The van der Waals surface area contributed by atoms with Gasteiger partial charge in [-0.05, 0) is 41.4 Å². The summed E-state index contributed by atoms with van der Waals surface area (Å²) in [6.45, 7) is 4.11. The maximum atomic E-state index is 6.27. The van der Waals surface area contributed by atoms with Crippen LogP contribution in [0.3, 0.4) is 0 Å². The second-order valence-electron chi connectivity index (χ2n) is 4.27. The van der Waals surface area contributed by atoms with Gasteiger partial charge in [-0.25, -0.2) is 0 Å². The van der Waals surface area contributed by atoms with Gasteiger partial charge in [0.25, 0.3) is 0 Å². The maximum absolute atomic E-state index is 6.27. The van der Waals surface area contributed by atoms with Crippen molar-refractivity contribution in [1.29, 1.82) is 0 Å². The summed E-state index contributed by atoms with van der Waals surface area (Å²) in [5.74, 6) is 0.811. The Kier molecular flexibility index (Phi) is 2.99. The van der Waals surface area contributed by atoms with Crippen LogP contribution in [0.25, 0.3) is 5.65 Å². The summed E-state index contributed by atoms with van der Waals surface area (Å²) in [6, 6.07) is 3.87. The molecule has 4 nitrogen and oxygen atoms in total. The third kappa shape index (κ3) is 1.97. The first-order chi connectivity index (χ1) is 7.54. The maximum Gasteiger partial charge on any atom is 0.160 e. The third-order valence-electron chi connectivity index (χ3n) is 2.65. The summed E-state index contributed by atoms with van der Waals surface area (Å²) >= 11 is 3.44. The molecule has 2 rings (SSSR count). The van der Waals surface area contributed by atoms with Crippen molar-refractivity contribution in [3.05, 3.63) is 28.6 Å². The number of nitrogens with zero attached hydrogens (tertiary/aromatic N) is 3. The third-order valence-corrected chi connectivity index (χ3v) is 3.12. The minimum absolute atomic E-state index is 0.436. The van der Waals surface area contributed by atoms with Gasteiger partial charge < -0.3 is 5.73 Å². The van der Waals surface area contributed by atoms with Gasteiger partial charge in [0.05, 0.1) is 5.54 Å². The molecule has 0 saturated carbocycles. The van der Waals surface area contributed by atoms with E-state index in [4.69, 9.17) is 5.73 Å².